The van der Waals surface area contributed by atoms with E-state index >= 15 is 0 Å². The fourth-order valence-corrected chi connectivity index (χ4v) is 7.48. The van der Waals surface area contributed by atoms with Crippen LogP contribution in [0.15, 0.2) is 53.5 Å². The number of amidine groups is 1. The zero-order valence-electron chi connectivity index (χ0n) is 37.0. The molecule has 18 heteroatoms. The van der Waals surface area contributed by atoms with Crippen molar-refractivity contribution in [3.05, 3.63) is 96.2 Å². The van der Waals surface area contributed by atoms with Gasteiger partial charge in [-0.05, 0) is 111 Å². The van der Waals surface area contributed by atoms with Crippen LogP contribution in [0.25, 0.3) is 0 Å². The number of aliphatic imine (C=N–C) groups is 1. The lowest BCUT2D eigenvalue weighted by atomic mass is 10.00. The van der Waals surface area contributed by atoms with Crippen LogP contribution in [0.1, 0.15) is 112 Å². The molecule has 334 valence electrons. The predicted octanol–water partition coefficient (Wildman–Crippen LogP) is 7.85. The lowest BCUT2D eigenvalue weighted by Gasteiger charge is -2.31. The fourth-order valence-electron chi connectivity index (χ4n) is 6.18. The van der Waals surface area contributed by atoms with Crippen LogP contribution in [0.3, 0.4) is 0 Å². The quantitative estimate of drug-likeness (QED) is 0.0515. The van der Waals surface area contributed by atoms with Crippen LogP contribution in [-0.4, -0.2) is 92.6 Å². The average Bonchev–Trinajstić information content (AvgIpc) is 3.45. The van der Waals surface area contributed by atoms with Gasteiger partial charge in [-0.1, -0.05) is 24.3 Å². The zero-order valence-corrected chi connectivity index (χ0v) is 37.9. The van der Waals surface area contributed by atoms with E-state index in [1.165, 1.54) is 59.9 Å². The number of ether oxygens (including phenoxy) is 4. The molecule has 1 aromatic heterocycles. The number of non-ortho nitro benzene ring substituents is 1. The van der Waals surface area contributed by atoms with Crippen LogP contribution in [0.5, 0.6) is 0 Å². The molecular weight excluding hydrogens is 823 g/mol. The molecule has 0 fully saturated rings. The number of thiophene rings is 1. The van der Waals surface area contributed by atoms with E-state index in [9.17, 15) is 38.9 Å². The van der Waals surface area contributed by atoms with E-state index in [-0.39, 0.29) is 48.8 Å². The molecule has 17 nitrogen and oxygen atoms in total. The first-order valence-corrected chi connectivity index (χ1v) is 20.8. The molecule has 2 aromatic carbocycles. The monoisotopic (exact) mass is 877 g/mol. The van der Waals surface area contributed by atoms with Crippen LogP contribution < -0.4 is 5.32 Å². The molecule has 1 atom stereocenters. The van der Waals surface area contributed by atoms with E-state index in [0.717, 1.165) is 20.9 Å². The Labute approximate surface area is 364 Å². The summed E-state index contributed by atoms with van der Waals surface area (Å²) in [5, 5.41) is 14.2. The van der Waals surface area contributed by atoms with Crippen LogP contribution in [0.4, 0.5) is 20.1 Å². The van der Waals surface area contributed by atoms with Gasteiger partial charge < -0.3 is 29.2 Å². The number of imide groups is 1. The lowest BCUT2D eigenvalue weighted by molar-refractivity contribution is -0.384. The van der Waals surface area contributed by atoms with Gasteiger partial charge in [0, 0.05) is 52.5 Å². The Hall–Kier alpha value is -6.17. The van der Waals surface area contributed by atoms with Crippen molar-refractivity contribution in [2.75, 3.05) is 13.2 Å². The number of nitro groups is 1. The minimum Gasteiger partial charge on any atom is -0.466 e. The molecule has 62 heavy (non-hydrogen) atoms. The van der Waals surface area contributed by atoms with Crippen molar-refractivity contribution in [1.82, 2.24) is 15.1 Å². The number of nitro benzene ring substituents is 1. The van der Waals surface area contributed by atoms with Crippen molar-refractivity contribution in [3.8, 4) is 0 Å². The van der Waals surface area contributed by atoms with Crippen molar-refractivity contribution in [3.63, 3.8) is 0 Å². The van der Waals surface area contributed by atoms with Gasteiger partial charge in [0.05, 0.1) is 18.0 Å². The average molecular weight is 878 g/mol. The van der Waals surface area contributed by atoms with Crippen LogP contribution in [0.2, 0.25) is 0 Å². The summed E-state index contributed by atoms with van der Waals surface area (Å²) < 4.78 is 21.6. The Morgan fingerprint density at radius 3 is 1.92 bits per heavy atom. The number of carbonyl (C=O) groups is 6. The number of nitrogens with zero attached hydrogens (tertiary/aromatic N) is 4. The zero-order chi connectivity index (χ0) is 46.3. The second-order valence-electron chi connectivity index (χ2n) is 17.5. The number of nitrogens with one attached hydrogen (secondary N) is 1. The number of hydrogen-bond acceptors (Lipinski definition) is 13. The third-order valence-electron chi connectivity index (χ3n) is 8.88. The van der Waals surface area contributed by atoms with Gasteiger partial charge in [-0.2, -0.15) is 9.89 Å². The molecule has 5 amide bonds. The second-order valence-corrected chi connectivity index (χ2v) is 18.7. The predicted molar refractivity (Wildman–Crippen MR) is 230 cm³/mol. The van der Waals surface area contributed by atoms with E-state index in [0.29, 0.717) is 23.4 Å². The summed E-state index contributed by atoms with van der Waals surface area (Å²) in [5.74, 6) is -1.90. The molecule has 4 rings (SSSR count). The number of hydrogen-bond donors (Lipinski definition) is 1. The summed E-state index contributed by atoms with van der Waals surface area (Å²) in [4.78, 5) is 99.9. The molecule has 0 unspecified atom stereocenters. The number of benzene rings is 2. The van der Waals surface area contributed by atoms with E-state index in [4.69, 9.17) is 18.9 Å². The number of carbonyl (C=O) groups excluding carboxylic acids is 6. The highest BCUT2D eigenvalue weighted by molar-refractivity contribution is 7.12. The number of rotatable bonds is 10. The van der Waals surface area contributed by atoms with Gasteiger partial charge in [-0.3, -0.25) is 24.5 Å². The summed E-state index contributed by atoms with van der Waals surface area (Å²) in [6, 6.07) is 9.98. The number of esters is 1. The smallest absolute Gasteiger partial charge is 0.436 e. The molecule has 0 spiro atoms. The van der Waals surface area contributed by atoms with Gasteiger partial charge in [0.2, 0.25) is 5.91 Å². The molecule has 0 radical (unpaired) electrons. The van der Waals surface area contributed by atoms with E-state index in [1.807, 2.05) is 6.92 Å². The maximum atomic E-state index is 14.4. The van der Waals surface area contributed by atoms with E-state index in [1.54, 1.807) is 74.1 Å². The van der Waals surface area contributed by atoms with Gasteiger partial charge in [-0.25, -0.2) is 14.4 Å². The van der Waals surface area contributed by atoms with Crippen molar-refractivity contribution in [2.45, 2.75) is 125 Å². The molecule has 0 saturated carbocycles. The largest absolute Gasteiger partial charge is 0.466 e. The molecule has 0 aliphatic carbocycles. The van der Waals surface area contributed by atoms with Gasteiger partial charge in [0.25, 0.3) is 11.6 Å². The minimum atomic E-state index is -1.19. The maximum Gasteiger partial charge on any atom is 0.436 e. The van der Waals surface area contributed by atoms with Crippen LogP contribution in [0, 0.1) is 17.0 Å². The Bertz CT molecular complexity index is 2180. The Morgan fingerprint density at radius 1 is 0.855 bits per heavy atom. The first kappa shape index (κ1) is 48.5. The first-order chi connectivity index (χ1) is 28.7. The first-order valence-electron chi connectivity index (χ1n) is 20.0. The van der Waals surface area contributed by atoms with Gasteiger partial charge in [-0.15, -0.1) is 11.3 Å². The van der Waals surface area contributed by atoms with Crippen molar-refractivity contribution in [2.24, 2.45) is 4.99 Å². The normalized spacial score (nSPS) is 13.6. The van der Waals surface area contributed by atoms with Crippen molar-refractivity contribution < 1.29 is 52.6 Å². The van der Waals surface area contributed by atoms with Gasteiger partial charge >= 0.3 is 24.2 Å². The van der Waals surface area contributed by atoms with E-state index in [2.05, 4.69) is 10.3 Å². The molecule has 1 aliphatic heterocycles. The summed E-state index contributed by atoms with van der Waals surface area (Å²) in [6.45, 7) is 18.9. The molecule has 0 bridgehead atoms. The Balaban J connectivity index is 1.69. The lowest BCUT2D eigenvalue weighted by Crippen LogP contribution is -2.50. The van der Waals surface area contributed by atoms with Crippen LogP contribution in [-0.2, 0) is 54.3 Å². The second kappa shape index (κ2) is 19.7. The third kappa shape index (κ3) is 13.7. The topological polar surface area (TPSA) is 213 Å². The molecule has 1 N–H and O–H groups in total. The minimum absolute atomic E-state index is 0.00579. The standard InChI is InChI=1S/C44H55N5O12S/c1-12-58-35(50)24-34-26(2)31-25-47(22-21-33(31)62-34)38(52)32(23-27-13-19-30(20-14-27)49(56)57)45-37(51)29-17-15-28(16-18-29)36(46-39(53)59-42(3,4)5)48(40(54)60-43(6,7)8)41(55)61-44(9,10)11/h13-20,32H,12,21-25H2,1-11H3,(H,45,51)/t32-/m0/s1. The SMILES string of the molecule is CCOC(=O)Cc1sc2c(c1C)CN(C(=O)[C@H](Cc1ccc([N+](=O)[O-])cc1)NC(=O)c1ccc(C(=NC(=O)OC(C)(C)C)N(C(=O)OC(C)(C)C)C(=O)OC(C)(C)C)cc1)CC2. The number of fused-ring (bicyclic) bond motifs is 1. The van der Waals surface area contributed by atoms with Crippen LogP contribution >= 0.6 is 11.3 Å². The highest BCUT2D eigenvalue weighted by Crippen LogP contribution is 2.34. The van der Waals surface area contributed by atoms with E-state index < -0.39 is 63.7 Å². The molecule has 1 aliphatic rings. The summed E-state index contributed by atoms with van der Waals surface area (Å²) in [7, 11) is 0. The molecule has 3 aromatic rings. The highest BCUT2D eigenvalue weighted by Gasteiger charge is 2.37. The molecule has 2 heterocycles. The maximum absolute atomic E-state index is 14.4. The van der Waals surface area contributed by atoms with Crippen molar-refractivity contribution in [1.29, 1.82) is 0 Å². The van der Waals surface area contributed by atoms with Gasteiger partial charge in [0.1, 0.15) is 22.8 Å². The summed E-state index contributed by atoms with van der Waals surface area (Å²) in [5.41, 5.74) is -0.814. The Morgan fingerprint density at radius 2 is 1.40 bits per heavy atom. The van der Waals surface area contributed by atoms with Gasteiger partial charge in [0.15, 0.2) is 5.84 Å². The Kier molecular flexibility index (Phi) is 15.4. The summed E-state index contributed by atoms with van der Waals surface area (Å²) in [6.07, 6.45) is -2.86. The molecular formula is C44H55N5O12S. The third-order valence-corrected chi connectivity index (χ3v) is 10.3. The highest BCUT2D eigenvalue weighted by atomic mass is 32.1. The number of amides is 5. The summed E-state index contributed by atoms with van der Waals surface area (Å²) >= 11 is 1.52. The van der Waals surface area contributed by atoms with Crippen molar-refractivity contribution >= 4 is 58.9 Å². The fraction of sp³-hybridized carbons (Fsp3) is 0.477. The molecule has 0 saturated heterocycles.